The van der Waals surface area contributed by atoms with Crippen LogP contribution in [-0.4, -0.2) is 228 Å². The van der Waals surface area contributed by atoms with Crippen LogP contribution in [0.3, 0.4) is 0 Å². The SMILES string of the molecule is NCCCCCO[C@@H]1OC(CO)[C@@H](O[C@@H]2OC(C(=O)O)[C@@H](O[C@H]3OC(CO)[C@H](O[C@H]4OC(CO)[C@@H](O)[C@H](O)C4O)C(O)C3O)C(O)[C@@H]2O)C(O)C1O. The number of aliphatic hydroxyl groups is 12. The van der Waals surface area contributed by atoms with Gasteiger partial charge in [-0.15, -0.1) is 0 Å². The quantitative estimate of drug-likeness (QED) is 0.0649. The smallest absolute Gasteiger partial charge is 0.335 e. The molecule has 4 rings (SSSR count). The molecule has 52 heavy (non-hydrogen) atoms. The number of unbranched alkanes of at least 4 members (excludes halogenated alkanes) is 2. The van der Waals surface area contributed by atoms with Crippen LogP contribution in [0.4, 0.5) is 0 Å². The molecule has 0 aromatic heterocycles. The van der Waals surface area contributed by atoms with Crippen molar-refractivity contribution in [3.8, 4) is 0 Å². The van der Waals surface area contributed by atoms with Crippen molar-refractivity contribution in [1.82, 2.24) is 0 Å². The van der Waals surface area contributed by atoms with E-state index in [1.54, 1.807) is 0 Å². The third-order valence-electron chi connectivity index (χ3n) is 9.28. The van der Waals surface area contributed by atoms with Gasteiger partial charge in [-0.2, -0.15) is 0 Å². The Morgan fingerprint density at radius 1 is 0.500 bits per heavy atom. The zero-order valence-electron chi connectivity index (χ0n) is 27.8. The molecule has 0 aromatic rings. The number of aliphatic hydroxyl groups excluding tert-OH is 12. The van der Waals surface area contributed by atoms with Crippen molar-refractivity contribution < 1.29 is 109 Å². The Labute approximate surface area is 296 Å². The molecule has 23 heteroatoms. The normalized spacial score (nSPS) is 47.3. The molecule has 15 N–H and O–H groups in total. The largest absolute Gasteiger partial charge is 0.479 e. The van der Waals surface area contributed by atoms with Crippen LogP contribution in [0.2, 0.25) is 0 Å². The summed E-state index contributed by atoms with van der Waals surface area (Å²) in [5, 5.41) is 135. The summed E-state index contributed by atoms with van der Waals surface area (Å²) in [5.74, 6) is -1.79. The van der Waals surface area contributed by atoms with Gasteiger partial charge in [0.2, 0.25) is 0 Å². The lowest BCUT2D eigenvalue weighted by Crippen LogP contribution is -2.68. The minimum atomic E-state index is -2.20. The van der Waals surface area contributed by atoms with Crippen LogP contribution < -0.4 is 5.73 Å². The molecule has 0 saturated carbocycles. The Hall–Kier alpha value is -1.37. The first kappa shape index (κ1) is 43.4. The highest BCUT2D eigenvalue weighted by Gasteiger charge is 2.56. The zero-order chi connectivity index (χ0) is 38.4. The highest BCUT2D eigenvalue weighted by Crippen LogP contribution is 2.34. The minimum absolute atomic E-state index is 0.123. The maximum absolute atomic E-state index is 12.3. The van der Waals surface area contributed by atoms with E-state index >= 15 is 0 Å². The number of hydrogen-bond donors (Lipinski definition) is 14. The van der Waals surface area contributed by atoms with E-state index in [1.807, 2.05) is 0 Å². The molecule has 10 unspecified atom stereocenters. The maximum atomic E-state index is 12.3. The highest BCUT2D eigenvalue weighted by molar-refractivity contribution is 5.73. The van der Waals surface area contributed by atoms with Gasteiger partial charge in [-0.05, 0) is 25.8 Å². The number of aliphatic carboxylic acids is 1. The third kappa shape index (κ3) is 9.52. The lowest BCUT2D eigenvalue weighted by Gasteiger charge is -2.48. The topological polar surface area (TPSA) is 380 Å². The van der Waals surface area contributed by atoms with E-state index in [0.717, 1.165) is 12.8 Å². The lowest BCUT2D eigenvalue weighted by atomic mass is 9.95. The molecule has 0 radical (unpaired) electrons. The molecule has 23 nitrogen and oxygen atoms in total. The molecule has 4 fully saturated rings. The Balaban J connectivity index is 1.42. The average molecular weight is 766 g/mol. The Bertz CT molecular complexity index is 1090. The molecule has 20 atom stereocenters. The second kappa shape index (κ2) is 19.5. The molecule has 4 heterocycles. The molecule has 0 bridgehead atoms. The second-order valence-electron chi connectivity index (χ2n) is 12.9. The number of nitrogens with two attached hydrogens (primary N) is 1. The Morgan fingerprint density at radius 3 is 1.42 bits per heavy atom. The summed E-state index contributed by atoms with van der Waals surface area (Å²) in [5.41, 5.74) is 5.46. The first-order valence-electron chi connectivity index (χ1n) is 16.8. The lowest BCUT2D eigenvalue weighted by molar-refractivity contribution is -0.385. The predicted molar refractivity (Wildman–Crippen MR) is 161 cm³/mol. The van der Waals surface area contributed by atoms with E-state index < -0.39 is 149 Å². The summed E-state index contributed by atoms with van der Waals surface area (Å²) >= 11 is 0. The van der Waals surface area contributed by atoms with Gasteiger partial charge in [0.1, 0.15) is 91.6 Å². The van der Waals surface area contributed by atoms with E-state index in [2.05, 4.69) is 0 Å². The van der Waals surface area contributed by atoms with Gasteiger partial charge in [0.05, 0.1) is 19.8 Å². The first-order chi connectivity index (χ1) is 24.7. The molecular formula is C29H51NO22. The Morgan fingerprint density at radius 2 is 0.923 bits per heavy atom. The average Bonchev–Trinajstić information content (AvgIpc) is 3.13. The minimum Gasteiger partial charge on any atom is -0.479 e. The van der Waals surface area contributed by atoms with Crippen molar-refractivity contribution in [2.75, 3.05) is 33.0 Å². The van der Waals surface area contributed by atoms with E-state index in [4.69, 9.17) is 43.6 Å². The predicted octanol–water partition coefficient (Wildman–Crippen LogP) is -8.50. The highest BCUT2D eigenvalue weighted by atomic mass is 16.8. The van der Waals surface area contributed by atoms with Crippen LogP contribution in [0.25, 0.3) is 0 Å². The van der Waals surface area contributed by atoms with Gasteiger partial charge in [-0.25, -0.2) is 4.79 Å². The zero-order valence-corrected chi connectivity index (χ0v) is 27.8. The van der Waals surface area contributed by atoms with Gasteiger partial charge < -0.3 is 110 Å². The Kier molecular flexibility index (Phi) is 16.2. The summed E-state index contributed by atoms with van der Waals surface area (Å²) in [6, 6.07) is 0. The fourth-order valence-corrected chi connectivity index (χ4v) is 6.26. The first-order valence-corrected chi connectivity index (χ1v) is 16.8. The molecule has 4 saturated heterocycles. The molecule has 304 valence electrons. The number of carboxylic acid groups (broad SMARTS) is 1. The molecular weight excluding hydrogens is 714 g/mol. The van der Waals surface area contributed by atoms with Crippen molar-refractivity contribution in [3.63, 3.8) is 0 Å². The van der Waals surface area contributed by atoms with Crippen LogP contribution >= 0.6 is 0 Å². The standard InChI is InChI=1S/C29H51NO22/c30-4-2-1-3-5-45-26-18(40)14(36)21(10(7-32)47-26)50-29-20(42)16(38)23(24(52-29)25(43)44)51-28-19(41)15(37)22(11(8-33)48-28)49-27-17(39)13(35)12(34)9(6-31)46-27/h9-24,26-29,31-42H,1-8,30H2,(H,43,44)/t9?,10?,11?,12-,13+,14?,15?,16?,17?,18?,19?,20+,21-,22+,23+,24?,26-,27-,28-,29-/m1/s1. The van der Waals surface area contributed by atoms with Crippen molar-refractivity contribution in [2.24, 2.45) is 5.73 Å². The van der Waals surface area contributed by atoms with Crippen LogP contribution in [0.15, 0.2) is 0 Å². The second-order valence-corrected chi connectivity index (χ2v) is 12.9. The molecule has 0 amide bonds. The van der Waals surface area contributed by atoms with Crippen molar-refractivity contribution in [1.29, 1.82) is 0 Å². The van der Waals surface area contributed by atoms with Gasteiger partial charge in [0.15, 0.2) is 31.3 Å². The van der Waals surface area contributed by atoms with E-state index in [0.29, 0.717) is 13.0 Å². The van der Waals surface area contributed by atoms with Gasteiger partial charge in [-0.1, -0.05) is 0 Å². The molecule has 4 aliphatic heterocycles. The molecule has 0 spiro atoms. The number of ether oxygens (including phenoxy) is 8. The van der Waals surface area contributed by atoms with Gasteiger partial charge >= 0.3 is 5.97 Å². The summed E-state index contributed by atoms with van der Waals surface area (Å²) in [6.07, 6.45) is -35.0. The third-order valence-corrected chi connectivity index (χ3v) is 9.28. The summed E-state index contributed by atoms with van der Waals surface area (Å²) in [4.78, 5) is 12.3. The van der Waals surface area contributed by atoms with E-state index in [9.17, 15) is 71.2 Å². The fraction of sp³-hybridized carbons (Fsp3) is 0.966. The van der Waals surface area contributed by atoms with E-state index in [1.165, 1.54) is 0 Å². The maximum Gasteiger partial charge on any atom is 0.335 e. The van der Waals surface area contributed by atoms with Crippen LogP contribution in [-0.2, 0) is 42.7 Å². The monoisotopic (exact) mass is 765 g/mol. The number of carboxylic acids is 1. The fourth-order valence-electron chi connectivity index (χ4n) is 6.26. The van der Waals surface area contributed by atoms with Gasteiger partial charge in [0, 0.05) is 6.61 Å². The van der Waals surface area contributed by atoms with Crippen LogP contribution in [0.5, 0.6) is 0 Å². The van der Waals surface area contributed by atoms with Crippen molar-refractivity contribution >= 4 is 5.97 Å². The molecule has 0 aromatic carbocycles. The van der Waals surface area contributed by atoms with Crippen molar-refractivity contribution in [2.45, 2.75) is 142 Å². The molecule has 4 aliphatic rings. The van der Waals surface area contributed by atoms with Gasteiger partial charge in [-0.3, -0.25) is 0 Å². The van der Waals surface area contributed by atoms with E-state index in [-0.39, 0.29) is 6.61 Å². The van der Waals surface area contributed by atoms with Crippen LogP contribution in [0.1, 0.15) is 19.3 Å². The van der Waals surface area contributed by atoms with Gasteiger partial charge in [0.25, 0.3) is 0 Å². The number of rotatable bonds is 16. The summed E-state index contributed by atoms with van der Waals surface area (Å²) < 4.78 is 43.6. The summed E-state index contributed by atoms with van der Waals surface area (Å²) in [7, 11) is 0. The van der Waals surface area contributed by atoms with Crippen LogP contribution in [0, 0.1) is 0 Å². The number of hydrogen-bond acceptors (Lipinski definition) is 22. The molecule has 0 aliphatic carbocycles. The number of carbonyl (C=O) groups is 1. The summed E-state index contributed by atoms with van der Waals surface area (Å²) in [6.45, 7) is -1.97. The van der Waals surface area contributed by atoms with Crippen molar-refractivity contribution in [3.05, 3.63) is 0 Å².